The zero-order chi connectivity index (χ0) is 17.5. The van der Waals surface area contributed by atoms with Gasteiger partial charge in [0.05, 0.1) is 19.1 Å². The van der Waals surface area contributed by atoms with E-state index in [0.717, 1.165) is 19.6 Å². The van der Waals surface area contributed by atoms with Crippen molar-refractivity contribution in [3.8, 4) is 0 Å². The van der Waals surface area contributed by atoms with Gasteiger partial charge in [-0.1, -0.05) is 48.5 Å². The maximum Gasteiger partial charge on any atom is 0.224 e. The van der Waals surface area contributed by atoms with Crippen molar-refractivity contribution >= 4 is 5.91 Å². The molecule has 2 aromatic rings. The fourth-order valence-electron chi connectivity index (χ4n) is 2.99. The van der Waals surface area contributed by atoms with Gasteiger partial charge in [0.2, 0.25) is 5.91 Å². The second-order valence-electron chi connectivity index (χ2n) is 6.29. The minimum absolute atomic E-state index is 0.0398. The summed E-state index contributed by atoms with van der Waals surface area (Å²) in [5.41, 5.74) is 1.68. The van der Waals surface area contributed by atoms with Crippen LogP contribution in [0.5, 0.6) is 0 Å². The summed E-state index contributed by atoms with van der Waals surface area (Å²) in [6.45, 7) is 3.63. The van der Waals surface area contributed by atoms with Crippen LogP contribution in [0.15, 0.2) is 54.6 Å². The van der Waals surface area contributed by atoms with Crippen molar-refractivity contribution in [3.63, 3.8) is 0 Å². The van der Waals surface area contributed by atoms with Crippen molar-refractivity contribution in [2.45, 2.75) is 19.1 Å². The molecule has 1 heterocycles. The number of rotatable bonds is 6. The van der Waals surface area contributed by atoms with Gasteiger partial charge in [0.1, 0.15) is 5.82 Å². The number of hydrogen-bond acceptors (Lipinski definition) is 3. The molecule has 5 heteroatoms. The van der Waals surface area contributed by atoms with Crippen molar-refractivity contribution in [2.75, 3.05) is 26.2 Å². The lowest BCUT2D eigenvalue weighted by atomic mass is 10.1. The number of halogens is 1. The Hall–Kier alpha value is -2.24. The lowest BCUT2D eigenvalue weighted by molar-refractivity contribution is -0.121. The van der Waals surface area contributed by atoms with Crippen LogP contribution in [0.3, 0.4) is 0 Å². The van der Waals surface area contributed by atoms with Crippen molar-refractivity contribution in [1.82, 2.24) is 10.2 Å². The predicted molar refractivity (Wildman–Crippen MR) is 94.6 cm³/mol. The van der Waals surface area contributed by atoms with Crippen LogP contribution in [-0.2, 0) is 22.5 Å². The first-order valence-corrected chi connectivity index (χ1v) is 8.58. The predicted octanol–water partition coefficient (Wildman–Crippen LogP) is 2.39. The van der Waals surface area contributed by atoms with E-state index < -0.39 is 0 Å². The summed E-state index contributed by atoms with van der Waals surface area (Å²) in [4.78, 5) is 14.4. The van der Waals surface area contributed by atoms with Crippen LogP contribution in [0.4, 0.5) is 4.39 Å². The van der Waals surface area contributed by atoms with E-state index in [-0.39, 0.29) is 24.2 Å². The van der Waals surface area contributed by atoms with Crippen molar-refractivity contribution < 1.29 is 13.9 Å². The molecule has 132 valence electrons. The highest BCUT2D eigenvalue weighted by atomic mass is 19.1. The number of carbonyl (C=O) groups excluding carboxylic acids is 1. The van der Waals surface area contributed by atoms with Gasteiger partial charge in [-0.25, -0.2) is 4.39 Å². The first-order valence-electron chi connectivity index (χ1n) is 8.58. The molecule has 2 aromatic carbocycles. The zero-order valence-corrected chi connectivity index (χ0v) is 14.2. The van der Waals surface area contributed by atoms with Gasteiger partial charge in [-0.05, 0) is 17.2 Å². The number of morpholine rings is 1. The Morgan fingerprint density at radius 3 is 2.72 bits per heavy atom. The molecule has 4 nitrogen and oxygen atoms in total. The molecule has 0 aliphatic carbocycles. The fourth-order valence-corrected chi connectivity index (χ4v) is 2.99. The second kappa shape index (κ2) is 8.74. The lowest BCUT2D eigenvalue weighted by Crippen LogP contribution is -2.47. The van der Waals surface area contributed by atoms with Crippen LogP contribution < -0.4 is 5.32 Å². The Labute approximate surface area is 147 Å². The molecule has 3 rings (SSSR count). The number of ether oxygens (including phenoxy) is 1. The third-order valence-corrected chi connectivity index (χ3v) is 4.31. The third-order valence-electron chi connectivity index (χ3n) is 4.31. The maximum atomic E-state index is 13.6. The summed E-state index contributed by atoms with van der Waals surface area (Å²) >= 11 is 0. The van der Waals surface area contributed by atoms with Gasteiger partial charge < -0.3 is 10.1 Å². The summed E-state index contributed by atoms with van der Waals surface area (Å²) in [6, 6.07) is 16.7. The Kier molecular flexibility index (Phi) is 6.14. The third kappa shape index (κ3) is 5.37. The van der Waals surface area contributed by atoms with Crippen LogP contribution in [-0.4, -0.2) is 43.2 Å². The van der Waals surface area contributed by atoms with Gasteiger partial charge in [0.25, 0.3) is 0 Å². The fraction of sp³-hybridized carbons (Fsp3) is 0.350. The second-order valence-corrected chi connectivity index (χ2v) is 6.29. The molecule has 0 unspecified atom stereocenters. The van der Waals surface area contributed by atoms with Gasteiger partial charge in [0.15, 0.2) is 0 Å². The Morgan fingerprint density at radius 1 is 1.16 bits per heavy atom. The molecule has 1 fully saturated rings. The Morgan fingerprint density at radius 2 is 1.92 bits per heavy atom. The largest absolute Gasteiger partial charge is 0.374 e. The van der Waals surface area contributed by atoms with Crippen LogP contribution in [0, 0.1) is 5.82 Å². The molecule has 0 bridgehead atoms. The Balaban J connectivity index is 1.45. The van der Waals surface area contributed by atoms with E-state index in [1.807, 2.05) is 18.2 Å². The number of amides is 1. The molecule has 0 spiro atoms. The molecule has 0 saturated carbocycles. The SMILES string of the molecule is O=C(Cc1ccccc1F)NC[C@H]1CN(Cc2ccccc2)CCO1. The number of nitrogens with one attached hydrogen (secondary N) is 1. The molecule has 1 N–H and O–H groups in total. The molecule has 0 aromatic heterocycles. The highest BCUT2D eigenvalue weighted by Crippen LogP contribution is 2.10. The van der Waals surface area contributed by atoms with Crippen LogP contribution in [0.1, 0.15) is 11.1 Å². The minimum Gasteiger partial charge on any atom is -0.374 e. The monoisotopic (exact) mass is 342 g/mol. The van der Waals surface area contributed by atoms with Crippen LogP contribution in [0.2, 0.25) is 0 Å². The molecule has 0 radical (unpaired) electrons. The number of hydrogen-bond donors (Lipinski definition) is 1. The van der Waals surface area contributed by atoms with Crippen molar-refractivity contribution in [1.29, 1.82) is 0 Å². The molecule has 1 aliphatic rings. The summed E-state index contributed by atoms with van der Waals surface area (Å²) < 4.78 is 19.3. The number of benzene rings is 2. The van der Waals surface area contributed by atoms with E-state index >= 15 is 0 Å². The van der Waals surface area contributed by atoms with Gasteiger partial charge in [-0.2, -0.15) is 0 Å². The first kappa shape index (κ1) is 17.6. The number of carbonyl (C=O) groups is 1. The van der Waals surface area contributed by atoms with Crippen molar-refractivity contribution in [2.24, 2.45) is 0 Å². The van der Waals surface area contributed by atoms with E-state index in [2.05, 4.69) is 22.3 Å². The van der Waals surface area contributed by atoms with Gasteiger partial charge in [-0.15, -0.1) is 0 Å². The standard InChI is InChI=1S/C20H23FN2O2/c21-19-9-5-4-8-17(19)12-20(24)22-13-18-15-23(10-11-25-18)14-16-6-2-1-3-7-16/h1-9,18H,10-15H2,(H,22,24)/t18-/m0/s1. The summed E-state index contributed by atoms with van der Waals surface area (Å²) in [7, 11) is 0. The van der Waals surface area contributed by atoms with Gasteiger partial charge in [0, 0.05) is 26.2 Å². The van der Waals surface area contributed by atoms with E-state index in [0.29, 0.717) is 18.7 Å². The van der Waals surface area contributed by atoms with Gasteiger partial charge >= 0.3 is 0 Å². The normalized spacial score (nSPS) is 18.0. The maximum absolute atomic E-state index is 13.6. The lowest BCUT2D eigenvalue weighted by Gasteiger charge is -2.33. The molecule has 1 atom stereocenters. The smallest absolute Gasteiger partial charge is 0.224 e. The highest BCUT2D eigenvalue weighted by Gasteiger charge is 2.21. The van der Waals surface area contributed by atoms with Crippen LogP contribution >= 0.6 is 0 Å². The average Bonchev–Trinajstić information content (AvgIpc) is 2.63. The molecular formula is C20H23FN2O2. The van der Waals surface area contributed by atoms with E-state index in [4.69, 9.17) is 4.74 Å². The first-order chi connectivity index (χ1) is 12.2. The molecule has 1 amide bonds. The molecule has 25 heavy (non-hydrogen) atoms. The van der Waals surface area contributed by atoms with E-state index in [1.165, 1.54) is 11.6 Å². The number of nitrogens with zero attached hydrogens (tertiary/aromatic N) is 1. The van der Waals surface area contributed by atoms with Gasteiger partial charge in [-0.3, -0.25) is 9.69 Å². The molecular weight excluding hydrogens is 319 g/mol. The highest BCUT2D eigenvalue weighted by molar-refractivity contribution is 5.78. The van der Waals surface area contributed by atoms with E-state index in [1.54, 1.807) is 18.2 Å². The Bertz CT molecular complexity index is 693. The van der Waals surface area contributed by atoms with Crippen molar-refractivity contribution in [3.05, 3.63) is 71.5 Å². The molecule has 1 aliphatic heterocycles. The summed E-state index contributed by atoms with van der Waals surface area (Å²) in [5, 5.41) is 2.86. The van der Waals surface area contributed by atoms with E-state index in [9.17, 15) is 9.18 Å². The zero-order valence-electron chi connectivity index (χ0n) is 14.2. The topological polar surface area (TPSA) is 41.6 Å². The quantitative estimate of drug-likeness (QED) is 0.876. The van der Waals surface area contributed by atoms with Crippen LogP contribution in [0.25, 0.3) is 0 Å². The summed E-state index contributed by atoms with van der Waals surface area (Å²) in [6.07, 6.45) is 0.00895. The average molecular weight is 342 g/mol. The minimum atomic E-state index is -0.347. The summed E-state index contributed by atoms with van der Waals surface area (Å²) in [5.74, 6) is -0.533. The molecule has 1 saturated heterocycles.